The van der Waals surface area contributed by atoms with Crippen LogP contribution < -0.4 is 10.6 Å². The molecule has 0 aromatic heterocycles. The molecule has 0 bridgehead atoms. The maximum Gasteiger partial charge on any atom is 0.407 e. The molecule has 0 spiro atoms. The molecular formula is C48H53N3O10S4. The van der Waals surface area contributed by atoms with Crippen LogP contribution >= 0.6 is 43.2 Å². The number of nitrogens with zero attached hydrogens (tertiary/aromatic N) is 1. The van der Waals surface area contributed by atoms with E-state index in [-0.39, 0.29) is 58.9 Å². The predicted molar refractivity (Wildman–Crippen MR) is 258 cm³/mol. The van der Waals surface area contributed by atoms with Crippen molar-refractivity contribution in [2.75, 3.05) is 24.7 Å². The topological polar surface area (TPSA) is 178 Å². The number of carboxylic acids is 1. The second-order valence-corrected chi connectivity index (χ2v) is 23.7. The van der Waals surface area contributed by atoms with Crippen molar-refractivity contribution >= 4 is 79.1 Å². The Hall–Kier alpha value is -5.10. The molecule has 1 aliphatic heterocycles. The quantitative estimate of drug-likeness (QED) is 0.0758. The van der Waals surface area contributed by atoms with Gasteiger partial charge in [0, 0.05) is 45.7 Å². The van der Waals surface area contributed by atoms with Gasteiger partial charge in [-0.25, -0.2) is 19.2 Å². The molecule has 2 unspecified atom stereocenters. The van der Waals surface area contributed by atoms with Gasteiger partial charge in [0.05, 0.1) is 0 Å². The maximum atomic E-state index is 12.8. The molecule has 1 heterocycles. The van der Waals surface area contributed by atoms with Crippen LogP contribution in [0.3, 0.4) is 0 Å². The van der Waals surface area contributed by atoms with E-state index in [2.05, 4.69) is 43.5 Å². The van der Waals surface area contributed by atoms with Crippen molar-refractivity contribution in [3.63, 3.8) is 0 Å². The van der Waals surface area contributed by atoms with Crippen molar-refractivity contribution in [3.8, 4) is 22.3 Å². The van der Waals surface area contributed by atoms with Gasteiger partial charge in [0.1, 0.15) is 25.3 Å². The number of amides is 4. The zero-order valence-corrected chi connectivity index (χ0v) is 40.3. The molecule has 2 atom stereocenters. The minimum absolute atomic E-state index is 0.00872. The van der Waals surface area contributed by atoms with Crippen LogP contribution in [0.1, 0.15) is 88.5 Å². The molecule has 4 aromatic rings. The van der Waals surface area contributed by atoms with Crippen LogP contribution in [0.4, 0.5) is 9.59 Å². The van der Waals surface area contributed by atoms with Gasteiger partial charge in [0.2, 0.25) is 0 Å². The zero-order chi connectivity index (χ0) is 46.9. The van der Waals surface area contributed by atoms with E-state index < -0.39 is 48.0 Å². The molecule has 13 nitrogen and oxygen atoms in total. The van der Waals surface area contributed by atoms with Gasteiger partial charge in [-0.05, 0) is 44.5 Å². The van der Waals surface area contributed by atoms with Gasteiger partial charge >= 0.3 is 24.1 Å². The molecule has 0 radical (unpaired) electrons. The molecule has 65 heavy (non-hydrogen) atoms. The van der Waals surface area contributed by atoms with Crippen LogP contribution in [0.5, 0.6) is 0 Å². The largest absolute Gasteiger partial charge is 0.480 e. The average Bonchev–Trinajstić information content (AvgIpc) is 3.88. The summed E-state index contributed by atoms with van der Waals surface area (Å²) in [5.74, 6) is -2.87. The van der Waals surface area contributed by atoms with E-state index in [1.165, 1.54) is 32.4 Å². The Morgan fingerprint density at radius 3 is 1.29 bits per heavy atom. The lowest BCUT2D eigenvalue weighted by Gasteiger charge is -2.22. The highest BCUT2D eigenvalue weighted by Gasteiger charge is 2.37. The Bertz CT molecular complexity index is 2290. The SMILES string of the molecule is CC(C)(C)SSCC(NC(=O)OCC1c2ccccc2-c2ccccc21)C(=O)O.CC(C)(C)SSCC(NC(=O)OCC1c2ccccc2-c2ccccc21)C(=O)ON1C(=O)CCC1=O. The first-order valence-electron chi connectivity index (χ1n) is 21.0. The molecule has 1 fully saturated rings. The van der Waals surface area contributed by atoms with Gasteiger partial charge in [0.15, 0.2) is 0 Å². The van der Waals surface area contributed by atoms with Crippen molar-refractivity contribution in [1.29, 1.82) is 0 Å². The Morgan fingerprint density at radius 2 is 0.938 bits per heavy atom. The smallest absolute Gasteiger partial charge is 0.407 e. The minimum Gasteiger partial charge on any atom is -0.480 e. The van der Waals surface area contributed by atoms with Crippen LogP contribution in [-0.4, -0.2) is 92.4 Å². The molecule has 3 aliphatic rings. The first kappa shape index (κ1) is 49.3. The highest BCUT2D eigenvalue weighted by Crippen LogP contribution is 2.46. The van der Waals surface area contributed by atoms with E-state index in [1.54, 1.807) is 10.8 Å². The van der Waals surface area contributed by atoms with E-state index in [4.69, 9.17) is 14.3 Å². The molecular weight excluding hydrogens is 907 g/mol. The number of hydroxylamine groups is 2. The summed E-state index contributed by atoms with van der Waals surface area (Å²) in [4.78, 5) is 78.1. The van der Waals surface area contributed by atoms with Gasteiger partial charge in [0.25, 0.3) is 11.8 Å². The van der Waals surface area contributed by atoms with Gasteiger partial charge in [-0.3, -0.25) is 9.59 Å². The summed E-state index contributed by atoms with van der Waals surface area (Å²) in [6, 6.07) is 30.1. The molecule has 4 amide bonds. The third kappa shape index (κ3) is 13.3. The average molecular weight is 960 g/mol. The number of rotatable bonds is 15. The first-order chi connectivity index (χ1) is 30.9. The molecule has 3 N–H and O–H groups in total. The fourth-order valence-electron chi connectivity index (χ4n) is 7.28. The molecule has 4 aromatic carbocycles. The third-order valence-electron chi connectivity index (χ3n) is 10.1. The van der Waals surface area contributed by atoms with Gasteiger partial charge in [-0.15, -0.1) is 5.06 Å². The summed E-state index contributed by atoms with van der Waals surface area (Å²) in [5, 5.41) is 14.9. The van der Waals surface area contributed by atoms with Crippen molar-refractivity contribution in [2.24, 2.45) is 0 Å². The van der Waals surface area contributed by atoms with Crippen molar-refractivity contribution in [3.05, 3.63) is 119 Å². The van der Waals surface area contributed by atoms with Crippen molar-refractivity contribution < 1.29 is 48.2 Å². The molecule has 17 heteroatoms. The van der Waals surface area contributed by atoms with E-state index in [9.17, 15) is 33.9 Å². The summed E-state index contributed by atoms with van der Waals surface area (Å²) in [6.45, 7) is 12.5. The number of carboxylic acid groups (broad SMARTS) is 1. The van der Waals surface area contributed by atoms with E-state index in [1.807, 2.05) is 106 Å². The Labute approximate surface area is 395 Å². The second-order valence-electron chi connectivity index (χ2n) is 17.3. The number of nitrogens with one attached hydrogen (secondary N) is 2. The minimum atomic E-state index is -1.11. The molecule has 344 valence electrons. The first-order valence-corrected chi connectivity index (χ1v) is 25.7. The fourth-order valence-corrected chi connectivity index (χ4v) is 12.2. The highest BCUT2D eigenvalue weighted by atomic mass is 33.1. The van der Waals surface area contributed by atoms with Crippen molar-refractivity contribution in [1.82, 2.24) is 15.7 Å². The highest BCUT2D eigenvalue weighted by molar-refractivity contribution is 8.77. The van der Waals surface area contributed by atoms with Crippen LogP contribution in [-0.2, 0) is 33.5 Å². The number of carbonyl (C=O) groups excluding carboxylic acids is 5. The van der Waals surface area contributed by atoms with Crippen LogP contribution in [0, 0.1) is 0 Å². The number of ether oxygens (including phenoxy) is 2. The van der Waals surface area contributed by atoms with Gasteiger partial charge < -0.3 is 30.1 Å². The molecule has 2 aliphatic carbocycles. The van der Waals surface area contributed by atoms with E-state index >= 15 is 0 Å². The normalized spacial score (nSPS) is 15.1. The second kappa shape index (κ2) is 21.9. The lowest BCUT2D eigenvalue weighted by Crippen LogP contribution is -2.47. The van der Waals surface area contributed by atoms with Gasteiger partial charge in [-0.1, -0.05) is 182 Å². The molecule has 1 saturated heterocycles. The summed E-state index contributed by atoms with van der Waals surface area (Å²) in [5.41, 5.74) is 8.91. The number of fused-ring (bicyclic) bond motifs is 6. The lowest BCUT2D eigenvalue weighted by molar-refractivity contribution is -0.198. The number of imide groups is 1. The molecule has 0 saturated carbocycles. The third-order valence-corrected chi connectivity index (χ3v) is 16.8. The standard InChI is InChI=1S/C26H28N2O6S2.C22H25NO4S2/c1-26(2,3)36-35-15-21(24(31)34-28-22(29)12-13-23(28)30)27-25(32)33-14-20-18-10-6-4-8-16(18)17-9-5-7-11-19(17)20;1-22(2,3)29-28-13-19(20(24)25)23-21(26)27-12-18-16-10-6-4-8-14(16)15-9-5-7-11-17(15)18/h4-11,20-21H,12-15H2,1-3H3,(H,27,32);4-11,18-19H,12-13H2,1-3H3,(H,23,26)(H,24,25). The summed E-state index contributed by atoms with van der Waals surface area (Å²) in [6.07, 6.45) is -1.50. The van der Waals surface area contributed by atoms with Crippen LogP contribution in [0.2, 0.25) is 0 Å². The van der Waals surface area contributed by atoms with Gasteiger partial charge in [-0.2, -0.15) is 0 Å². The van der Waals surface area contributed by atoms with E-state index in [0.29, 0.717) is 5.06 Å². The lowest BCUT2D eigenvalue weighted by atomic mass is 9.98. The summed E-state index contributed by atoms with van der Waals surface area (Å²) >= 11 is 0. The maximum absolute atomic E-state index is 12.8. The summed E-state index contributed by atoms with van der Waals surface area (Å²) < 4.78 is 10.9. The van der Waals surface area contributed by atoms with Crippen LogP contribution in [0.15, 0.2) is 97.1 Å². The number of aliphatic carboxylic acids is 1. The number of benzene rings is 4. The fraction of sp³-hybridized carbons (Fsp3) is 0.375. The van der Waals surface area contributed by atoms with E-state index in [0.717, 1.165) is 44.5 Å². The Balaban J connectivity index is 0.000000221. The number of carbonyl (C=O) groups is 6. The number of alkyl carbamates (subject to hydrolysis) is 2. The Morgan fingerprint density at radius 1 is 0.600 bits per heavy atom. The predicted octanol–water partition coefficient (Wildman–Crippen LogP) is 9.84. The number of hydrogen-bond donors (Lipinski definition) is 3. The Kier molecular flexibility index (Phi) is 16.6. The van der Waals surface area contributed by atoms with Crippen molar-refractivity contribution in [2.45, 2.75) is 87.8 Å². The van der Waals surface area contributed by atoms with Crippen LogP contribution in [0.25, 0.3) is 22.3 Å². The monoisotopic (exact) mass is 959 g/mol. The molecule has 7 rings (SSSR count). The summed E-state index contributed by atoms with van der Waals surface area (Å²) in [7, 11) is 5.93. The number of hydrogen-bond acceptors (Lipinski definition) is 13. The zero-order valence-electron chi connectivity index (χ0n) is 37.0.